The van der Waals surface area contributed by atoms with Crippen molar-refractivity contribution in [2.24, 2.45) is 0 Å². The molecule has 2 fully saturated rings. The number of benzene rings is 1. The Bertz CT molecular complexity index is 574. The zero-order valence-electron chi connectivity index (χ0n) is 13.1. The van der Waals surface area contributed by atoms with Gasteiger partial charge in [0.1, 0.15) is 5.54 Å². The smallest absolute Gasteiger partial charge is 0.243 e. The zero-order chi connectivity index (χ0) is 16.4. The first-order chi connectivity index (χ1) is 11.1. The molecule has 2 aliphatic rings. The third kappa shape index (κ3) is 3.10. The van der Waals surface area contributed by atoms with Gasteiger partial charge in [-0.1, -0.05) is 29.3 Å². The highest BCUT2D eigenvalue weighted by Gasteiger charge is 2.50. The van der Waals surface area contributed by atoms with E-state index in [0.717, 1.165) is 44.3 Å². The van der Waals surface area contributed by atoms with E-state index in [1.807, 2.05) is 18.2 Å². The molecule has 0 aromatic heterocycles. The molecule has 0 saturated carbocycles. The van der Waals surface area contributed by atoms with Gasteiger partial charge in [-0.2, -0.15) is 0 Å². The highest BCUT2D eigenvalue weighted by Crippen LogP contribution is 2.40. The molecule has 3 rings (SSSR count). The molecular weight excluding hydrogens is 335 g/mol. The summed E-state index contributed by atoms with van der Waals surface area (Å²) >= 11 is 12.6. The summed E-state index contributed by atoms with van der Waals surface area (Å²) in [7, 11) is 0. The van der Waals surface area contributed by atoms with E-state index in [4.69, 9.17) is 23.2 Å². The van der Waals surface area contributed by atoms with E-state index >= 15 is 0 Å². The molecule has 2 saturated heterocycles. The highest BCUT2D eigenvalue weighted by atomic mass is 35.5. The molecule has 23 heavy (non-hydrogen) atoms. The first kappa shape index (κ1) is 17.0. The Labute approximate surface area is 147 Å². The zero-order valence-corrected chi connectivity index (χ0v) is 14.6. The predicted octanol–water partition coefficient (Wildman–Crippen LogP) is 2.94. The SMILES string of the molecule is O=C1N(CCO)CCCC12CCCN2Cc1c(Cl)cccc1Cl. The van der Waals surface area contributed by atoms with Crippen LogP contribution in [0.4, 0.5) is 0 Å². The average molecular weight is 357 g/mol. The molecule has 4 nitrogen and oxygen atoms in total. The Balaban J connectivity index is 1.86. The number of aliphatic hydroxyl groups is 1. The number of carbonyl (C=O) groups is 1. The van der Waals surface area contributed by atoms with E-state index in [2.05, 4.69) is 4.90 Å². The molecular formula is C17H22Cl2N2O2. The van der Waals surface area contributed by atoms with E-state index in [9.17, 15) is 9.90 Å². The van der Waals surface area contributed by atoms with Gasteiger partial charge in [0.15, 0.2) is 0 Å². The number of amides is 1. The van der Waals surface area contributed by atoms with Gasteiger partial charge in [-0.25, -0.2) is 0 Å². The lowest BCUT2D eigenvalue weighted by Gasteiger charge is -2.44. The number of rotatable bonds is 4. The summed E-state index contributed by atoms with van der Waals surface area (Å²) in [5, 5.41) is 10.5. The number of likely N-dealkylation sites (tertiary alicyclic amines) is 2. The maximum absolute atomic E-state index is 13.0. The number of carbonyl (C=O) groups excluding carboxylic acids is 1. The minimum atomic E-state index is -0.448. The molecule has 2 aliphatic heterocycles. The molecule has 0 bridgehead atoms. The minimum Gasteiger partial charge on any atom is -0.395 e. The lowest BCUT2D eigenvalue weighted by Crippen LogP contribution is -2.60. The first-order valence-electron chi connectivity index (χ1n) is 8.17. The molecule has 1 N–H and O–H groups in total. The van der Waals surface area contributed by atoms with Gasteiger partial charge in [0, 0.05) is 35.2 Å². The topological polar surface area (TPSA) is 43.8 Å². The Hall–Kier alpha value is -0.810. The van der Waals surface area contributed by atoms with Crippen molar-refractivity contribution >= 4 is 29.1 Å². The summed E-state index contributed by atoms with van der Waals surface area (Å²) in [4.78, 5) is 17.1. The van der Waals surface area contributed by atoms with Crippen molar-refractivity contribution < 1.29 is 9.90 Å². The van der Waals surface area contributed by atoms with Crippen LogP contribution in [-0.4, -0.2) is 52.6 Å². The summed E-state index contributed by atoms with van der Waals surface area (Å²) < 4.78 is 0. The lowest BCUT2D eigenvalue weighted by atomic mass is 9.85. The summed E-state index contributed by atoms with van der Waals surface area (Å²) in [6.07, 6.45) is 3.71. The second-order valence-electron chi connectivity index (χ2n) is 6.38. The van der Waals surface area contributed by atoms with Crippen molar-refractivity contribution in [1.82, 2.24) is 9.80 Å². The van der Waals surface area contributed by atoms with Crippen LogP contribution in [0.25, 0.3) is 0 Å². The van der Waals surface area contributed by atoms with Gasteiger partial charge in [-0.05, 0) is 44.4 Å². The third-order valence-electron chi connectivity index (χ3n) is 5.11. The Kier molecular flexibility index (Phi) is 5.16. The van der Waals surface area contributed by atoms with Crippen LogP contribution in [0.2, 0.25) is 10.0 Å². The van der Waals surface area contributed by atoms with E-state index in [1.54, 1.807) is 4.90 Å². The van der Waals surface area contributed by atoms with E-state index in [-0.39, 0.29) is 12.5 Å². The molecule has 1 aromatic carbocycles. The Morgan fingerprint density at radius 1 is 1.13 bits per heavy atom. The second-order valence-corrected chi connectivity index (χ2v) is 7.19. The van der Waals surface area contributed by atoms with Gasteiger partial charge in [0.2, 0.25) is 5.91 Å². The fourth-order valence-corrected chi connectivity index (χ4v) is 4.48. The van der Waals surface area contributed by atoms with Crippen LogP contribution in [0.3, 0.4) is 0 Å². The monoisotopic (exact) mass is 356 g/mol. The number of piperidine rings is 1. The van der Waals surface area contributed by atoms with Crippen molar-refractivity contribution in [1.29, 1.82) is 0 Å². The van der Waals surface area contributed by atoms with Gasteiger partial charge in [0.25, 0.3) is 0 Å². The largest absolute Gasteiger partial charge is 0.395 e. The Morgan fingerprint density at radius 2 is 1.78 bits per heavy atom. The molecule has 6 heteroatoms. The normalized spacial score (nSPS) is 25.5. The van der Waals surface area contributed by atoms with Gasteiger partial charge >= 0.3 is 0 Å². The van der Waals surface area contributed by atoms with Gasteiger partial charge in [0.05, 0.1) is 6.61 Å². The third-order valence-corrected chi connectivity index (χ3v) is 5.82. The lowest BCUT2D eigenvalue weighted by molar-refractivity contribution is -0.148. The maximum Gasteiger partial charge on any atom is 0.243 e. The molecule has 0 radical (unpaired) electrons. The first-order valence-corrected chi connectivity index (χ1v) is 8.92. The van der Waals surface area contributed by atoms with Crippen molar-refractivity contribution in [3.8, 4) is 0 Å². The molecule has 1 spiro atoms. The van der Waals surface area contributed by atoms with Crippen molar-refractivity contribution in [3.63, 3.8) is 0 Å². The van der Waals surface area contributed by atoms with Crippen LogP contribution in [0.1, 0.15) is 31.2 Å². The number of halogens is 2. The van der Waals surface area contributed by atoms with Crippen LogP contribution in [0.5, 0.6) is 0 Å². The molecule has 1 atom stereocenters. The van der Waals surface area contributed by atoms with E-state index in [0.29, 0.717) is 23.1 Å². The summed E-state index contributed by atoms with van der Waals surface area (Å²) in [6, 6.07) is 5.52. The van der Waals surface area contributed by atoms with E-state index < -0.39 is 5.54 Å². The standard InChI is InChI=1S/C17H22Cl2N2O2/c18-14-4-1-5-15(19)13(14)12-21-9-3-7-17(21)6-2-8-20(10-11-22)16(17)23/h1,4-5,22H,2-3,6-12H2. The highest BCUT2D eigenvalue weighted by molar-refractivity contribution is 6.35. The number of β-amino-alcohol motifs (C(OH)–C–C–N with tert-alkyl or cyclic N) is 1. The van der Waals surface area contributed by atoms with Crippen LogP contribution in [-0.2, 0) is 11.3 Å². The van der Waals surface area contributed by atoms with Crippen LogP contribution < -0.4 is 0 Å². The second kappa shape index (κ2) is 6.98. The van der Waals surface area contributed by atoms with Crippen LogP contribution in [0, 0.1) is 0 Å². The van der Waals surface area contributed by atoms with Gasteiger partial charge in [-0.15, -0.1) is 0 Å². The quantitative estimate of drug-likeness (QED) is 0.901. The van der Waals surface area contributed by atoms with Crippen molar-refractivity contribution in [2.75, 3.05) is 26.2 Å². The summed E-state index contributed by atoms with van der Waals surface area (Å²) in [6.45, 7) is 2.64. The fourth-order valence-electron chi connectivity index (χ4n) is 3.96. The summed E-state index contributed by atoms with van der Waals surface area (Å²) in [5.74, 6) is 0.151. The maximum atomic E-state index is 13.0. The van der Waals surface area contributed by atoms with Crippen molar-refractivity contribution in [2.45, 2.75) is 37.8 Å². The molecule has 2 heterocycles. The van der Waals surface area contributed by atoms with Crippen molar-refractivity contribution in [3.05, 3.63) is 33.8 Å². The fraction of sp³-hybridized carbons (Fsp3) is 0.588. The average Bonchev–Trinajstić information content (AvgIpc) is 2.92. The van der Waals surface area contributed by atoms with E-state index in [1.165, 1.54) is 0 Å². The molecule has 126 valence electrons. The molecule has 1 aromatic rings. The number of aliphatic hydroxyl groups excluding tert-OH is 1. The molecule has 0 aliphatic carbocycles. The van der Waals surface area contributed by atoms with Crippen LogP contribution in [0.15, 0.2) is 18.2 Å². The number of nitrogens with zero attached hydrogens (tertiary/aromatic N) is 2. The predicted molar refractivity (Wildman–Crippen MR) is 91.7 cm³/mol. The molecule has 1 amide bonds. The minimum absolute atomic E-state index is 0.0121. The molecule has 1 unspecified atom stereocenters. The summed E-state index contributed by atoms with van der Waals surface area (Å²) in [5.41, 5.74) is 0.444. The van der Waals surface area contributed by atoms with Crippen LogP contribution >= 0.6 is 23.2 Å². The Morgan fingerprint density at radius 3 is 2.43 bits per heavy atom. The van der Waals surface area contributed by atoms with Gasteiger partial charge in [-0.3, -0.25) is 9.69 Å². The number of hydrogen-bond acceptors (Lipinski definition) is 3. The van der Waals surface area contributed by atoms with Gasteiger partial charge < -0.3 is 10.0 Å². The number of hydrogen-bond donors (Lipinski definition) is 1.